The molecule has 17 heavy (non-hydrogen) atoms. The van der Waals surface area contributed by atoms with Crippen molar-refractivity contribution in [3.05, 3.63) is 52.3 Å². The maximum absolute atomic E-state index is 13.9. The fourth-order valence-electron chi connectivity index (χ4n) is 1.81. The lowest BCUT2D eigenvalue weighted by Crippen LogP contribution is -2.22. The van der Waals surface area contributed by atoms with Crippen LogP contribution < -0.4 is 5.32 Å². The van der Waals surface area contributed by atoms with Gasteiger partial charge in [0.25, 0.3) is 0 Å². The summed E-state index contributed by atoms with van der Waals surface area (Å²) < 4.78 is 16.5. The van der Waals surface area contributed by atoms with Crippen LogP contribution in [0.4, 0.5) is 4.39 Å². The molecule has 2 aromatic rings. The van der Waals surface area contributed by atoms with Gasteiger partial charge in [0.1, 0.15) is 11.6 Å². The molecule has 90 valence electrons. The molecule has 0 amide bonds. The summed E-state index contributed by atoms with van der Waals surface area (Å²) >= 11 is 3.25. The predicted molar refractivity (Wildman–Crippen MR) is 68.2 cm³/mol. The van der Waals surface area contributed by atoms with E-state index in [9.17, 15) is 4.39 Å². The zero-order valence-electron chi connectivity index (χ0n) is 9.61. The number of benzene rings is 1. The van der Waals surface area contributed by atoms with Gasteiger partial charge in [-0.25, -0.2) is 9.37 Å². The molecule has 2 rings (SSSR count). The van der Waals surface area contributed by atoms with E-state index in [0.29, 0.717) is 5.56 Å². The van der Waals surface area contributed by atoms with Crippen molar-refractivity contribution < 1.29 is 4.39 Å². The fraction of sp³-hybridized carbons (Fsp3) is 0.250. The number of imidazole rings is 1. The Morgan fingerprint density at radius 3 is 2.76 bits per heavy atom. The van der Waals surface area contributed by atoms with Crippen molar-refractivity contribution in [3.8, 4) is 0 Å². The Morgan fingerprint density at radius 1 is 1.47 bits per heavy atom. The number of nitrogens with one attached hydrogen (secondary N) is 1. The van der Waals surface area contributed by atoms with Gasteiger partial charge in [-0.3, -0.25) is 0 Å². The molecule has 1 aromatic carbocycles. The summed E-state index contributed by atoms with van der Waals surface area (Å²) in [6.45, 7) is 0. The van der Waals surface area contributed by atoms with E-state index in [0.717, 1.165) is 10.3 Å². The highest BCUT2D eigenvalue weighted by Crippen LogP contribution is 2.25. The van der Waals surface area contributed by atoms with E-state index in [1.165, 1.54) is 6.07 Å². The number of rotatable bonds is 3. The molecule has 1 heterocycles. The van der Waals surface area contributed by atoms with E-state index in [-0.39, 0.29) is 11.9 Å². The Morgan fingerprint density at radius 2 is 2.24 bits per heavy atom. The van der Waals surface area contributed by atoms with Crippen LogP contribution in [0.1, 0.15) is 17.4 Å². The molecule has 0 aliphatic rings. The Kier molecular flexibility index (Phi) is 3.59. The Hall–Kier alpha value is -1.20. The van der Waals surface area contributed by atoms with E-state index < -0.39 is 0 Å². The van der Waals surface area contributed by atoms with Gasteiger partial charge in [-0.05, 0) is 19.2 Å². The molecule has 1 N–H and O–H groups in total. The molecule has 1 unspecified atom stereocenters. The van der Waals surface area contributed by atoms with Gasteiger partial charge < -0.3 is 9.88 Å². The van der Waals surface area contributed by atoms with Crippen LogP contribution in [0.25, 0.3) is 0 Å². The summed E-state index contributed by atoms with van der Waals surface area (Å²) in [5, 5.41) is 3.08. The average molecular weight is 298 g/mol. The van der Waals surface area contributed by atoms with Gasteiger partial charge >= 0.3 is 0 Å². The first-order chi connectivity index (χ1) is 8.13. The van der Waals surface area contributed by atoms with Gasteiger partial charge in [-0.2, -0.15) is 0 Å². The number of halogens is 2. The highest BCUT2D eigenvalue weighted by Gasteiger charge is 2.19. The SMILES string of the molecule is CNC(c1ccc(Br)cc1F)c1nccn1C. The first kappa shape index (κ1) is 12.3. The van der Waals surface area contributed by atoms with Crippen molar-refractivity contribution in [2.75, 3.05) is 7.05 Å². The molecular weight excluding hydrogens is 285 g/mol. The van der Waals surface area contributed by atoms with Gasteiger partial charge in [0, 0.05) is 29.5 Å². The second-order valence-electron chi connectivity index (χ2n) is 3.78. The number of aromatic nitrogens is 2. The summed E-state index contributed by atoms with van der Waals surface area (Å²) in [6.07, 6.45) is 3.55. The summed E-state index contributed by atoms with van der Waals surface area (Å²) in [5.41, 5.74) is 0.588. The molecule has 0 aliphatic heterocycles. The van der Waals surface area contributed by atoms with Crippen LogP contribution >= 0.6 is 15.9 Å². The quantitative estimate of drug-likeness (QED) is 0.944. The maximum atomic E-state index is 13.9. The normalized spacial score (nSPS) is 12.7. The van der Waals surface area contributed by atoms with Gasteiger partial charge in [0.2, 0.25) is 0 Å². The molecule has 0 bridgehead atoms. The molecule has 0 spiro atoms. The summed E-state index contributed by atoms with van der Waals surface area (Å²) in [5.74, 6) is 0.537. The second kappa shape index (κ2) is 4.98. The minimum Gasteiger partial charge on any atom is -0.336 e. The van der Waals surface area contributed by atoms with Crippen LogP contribution in [0.2, 0.25) is 0 Å². The number of hydrogen-bond donors (Lipinski definition) is 1. The Labute approximate surface area is 108 Å². The average Bonchev–Trinajstić information content (AvgIpc) is 2.69. The molecule has 0 radical (unpaired) electrons. The molecule has 0 aliphatic carbocycles. The van der Waals surface area contributed by atoms with E-state index in [1.54, 1.807) is 19.3 Å². The van der Waals surface area contributed by atoms with Crippen LogP contribution in [0.5, 0.6) is 0 Å². The van der Waals surface area contributed by atoms with Gasteiger partial charge in [0.15, 0.2) is 0 Å². The molecule has 3 nitrogen and oxygen atoms in total. The van der Waals surface area contributed by atoms with Crippen molar-refractivity contribution in [2.45, 2.75) is 6.04 Å². The molecule has 1 aromatic heterocycles. The highest BCUT2D eigenvalue weighted by molar-refractivity contribution is 9.10. The van der Waals surface area contributed by atoms with E-state index >= 15 is 0 Å². The minimum atomic E-state index is -0.248. The van der Waals surface area contributed by atoms with E-state index in [1.807, 2.05) is 23.9 Å². The lowest BCUT2D eigenvalue weighted by Gasteiger charge is -2.17. The highest BCUT2D eigenvalue weighted by atomic mass is 79.9. The number of nitrogens with zero attached hydrogens (tertiary/aromatic N) is 2. The van der Waals surface area contributed by atoms with Crippen molar-refractivity contribution >= 4 is 15.9 Å². The van der Waals surface area contributed by atoms with Crippen molar-refractivity contribution in [1.29, 1.82) is 0 Å². The number of aryl methyl sites for hydroxylation is 1. The van der Waals surface area contributed by atoms with Crippen molar-refractivity contribution in [2.24, 2.45) is 7.05 Å². The van der Waals surface area contributed by atoms with Crippen LogP contribution in [0.3, 0.4) is 0 Å². The van der Waals surface area contributed by atoms with Crippen molar-refractivity contribution in [3.63, 3.8) is 0 Å². The Bertz CT molecular complexity index is 524. The van der Waals surface area contributed by atoms with Crippen LogP contribution in [0, 0.1) is 5.82 Å². The van der Waals surface area contributed by atoms with Crippen molar-refractivity contribution in [1.82, 2.24) is 14.9 Å². The topological polar surface area (TPSA) is 29.9 Å². The zero-order valence-corrected chi connectivity index (χ0v) is 11.2. The maximum Gasteiger partial charge on any atom is 0.130 e. The zero-order chi connectivity index (χ0) is 12.4. The van der Waals surface area contributed by atoms with Crippen LogP contribution in [-0.2, 0) is 7.05 Å². The molecule has 5 heteroatoms. The third-order valence-electron chi connectivity index (χ3n) is 2.68. The lowest BCUT2D eigenvalue weighted by molar-refractivity contribution is 0.552. The smallest absolute Gasteiger partial charge is 0.130 e. The predicted octanol–water partition coefficient (Wildman–Crippen LogP) is 2.63. The first-order valence-corrected chi connectivity index (χ1v) is 6.02. The van der Waals surface area contributed by atoms with Gasteiger partial charge in [-0.1, -0.05) is 22.0 Å². The monoisotopic (exact) mass is 297 g/mol. The first-order valence-electron chi connectivity index (χ1n) is 5.23. The summed E-state index contributed by atoms with van der Waals surface area (Å²) in [4.78, 5) is 4.25. The molecule has 0 fully saturated rings. The lowest BCUT2D eigenvalue weighted by atomic mass is 10.1. The van der Waals surface area contributed by atoms with Crippen LogP contribution in [-0.4, -0.2) is 16.6 Å². The second-order valence-corrected chi connectivity index (χ2v) is 4.70. The Balaban J connectivity index is 2.46. The summed E-state index contributed by atoms with van der Waals surface area (Å²) in [6, 6.07) is 4.80. The molecule has 0 saturated heterocycles. The largest absolute Gasteiger partial charge is 0.336 e. The third kappa shape index (κ3) is 2.40. The third-order valence-corrected chi connectivity index (χ3v) is 3.17. The minimum absolute atomic E-state index is 0.247. The van der Waals surface area contributed by atoms with Crippen LogP contribution in [0.15, 0.2) is 35.1 Å². The van der Waals surface area contributed by atoms with E-state index in [4.69, 9.17) is 0 Å². The van der Waals surface area contributed by atoms with E-state index in [2.05, 4.69) is 26.2 Å². The standard InChI is InChI=1S/C12H13BrFN3/c1-15-11(12-16-5-6-17(12)2)9-4-3-8(13)7-10(9)14/h3-7,11,15H,1-2H3. The fourth-order valence-corrected chi connectivity index (χ4v) is 2.15. The molecule has 0 saturated carbocycles. The van der Waals surface area contributed by atoms with Gasteiger partial charge in [-0.15, -0.1) is 0 Å². The summed E-state index contributed by atoms with van der Waals surface area (Å²) in [7, 11) is 3.68. The molecular formula is C12H13BrFN3. The number of hydrogen-bond acceptors (Lipinski definition) is 2. The van der Waals surface area contributed by atoms with Gasteiger partial charge in [0.05, 0.1) is 6.04 Å². The molecule has 1 atom stereocenters.